The van der Waals surface area contributed by atoms with E-state index in [0.29, 0.717) is 18.7 Å². The molecule has 0 aliphatic carbocycles. The second-order valence-electron chi connectivity index (χ2n) is 6.78. The maximum Gasteiger partial charge on any atom is 0.251 e. The standard InChI is InChI=1S/C19H27N3O2/c1-15(23)22-13-8-16-14-17(6-7-18(16)22)19(24)20-9-5-12-21-10-3-2-4-11-21/h6-7,14H,2-5,8-13H2,1H3,(H,20,24). The highest BCUT2D eigenvalue weighted by atomic mass is 16.2. The SMILES string of the molecule is CC(=O)N1CCc2cc(C(=O)NCCCN3CCCCC3)ccc21. The summed E-state index contributed by atoms with van der Waals surface area (Å²) in [6.45, 7) is 6.48. The number of anilines is 1. The molecule has 0 radical (unpaired) electrons. The maximum atomic E-state index is 12.3. The summed E-state index contributed by atoms with van der Waals surface area (Å²) in [4.78, 5) is 28.1. The quantitative estimate of drug-likeness (QED) is 0.843. The Morgan fingerprint density at radius 3 is 2.67 bits per heavy atom. The second-order valence-corrected chi connectivity index (χ2v) is 6.78. The third-order valence-corrected chi connectivity index (χ3v) is 5.00. The van der Waals surface area contributed by atoms with Crippen LogP contribution in [0.5, 0.6) is 0 Å². The predicted molar refractivity (Wildman–Crippen MR) is 95.4 cm³/mol. The number of amides is 2. The molecule has 2 heterocycles. The molecule has 1 N–H and O–H groups in total. The fourth-order valence-corrected chi connectivity index (χ4v) is 3.66. The molecule has 5 heteroatoms. The Bertz CT molecular complexity index is 609. The van der Waals surface area contributed by atoms with Crippen molar-refractivity contribution < 1.29 is 9.59 Å². The third kappa shape index (κ3) is 3.96. The van der Waals surface area contributed by atoms with Crippen LogP contribution >= 0.6 is 0 Å². The predicted octanol–water partition coefficient (Wildman–Crippen LogP) is 2.20. The number of fused-ring (bicyclic) bond motifs is 1. The largest absolute Gasteiger partial charge is 0.352 e. The van der Waals surface area contributed by atoms with Crippen LogP contribution in [-0.2, 0) is 11.2 Å². The van der Waals surface area contributed by atoms with Gasteiger partial charge < -0.3 is 15.1 Å². The van der Waals surface area contributed by atoms with Gasteiger partial charge in [0.15, 0.2) is 0 Å². The summed E-state index contributed by atoms with van der Waals surface area (Å²) in [6, 6.07) is 5.64. The van der Waals surface area contributed by atoms with Crippen LogP contribution in [0.1, 0.15) is 48.5 Å². The molecule has 0 aromatic heterocycles. The van der Waals surface area contributed by atoms with Gasteiger partial charge in [0.2, 0.25) is 5.91 Å². The molecule has 0 unspecified atom stereocenters. The Kier molecular flexibility index (Phi) is 5.51. The Labute approximate surface area is 144 Å². The highest BCUT2D eigenvalue weighted by Crippen LogP contribution is 2.28. The zero-order valence-corrected chi connectivity index (χ0v) is 14.5. The van der Waals surface area contributed by atoms with Crippen molar-refractivity contribution in [1.29, 1.82) is 0 Å². The number of nitrogens with one attached hydrogen (secondary N) is 1. The molecule has 2 aliphatic heterocycles. The van der Waals surface area contributed by atoms with Crippen molar-refractivity contribution in [2.75, 3.05) is 37.6 Å². The second kappa shape index (κ2) is 7.79. The van der Waals surface area contributed by atoms with Gasteiger partial charge in [0.1, 0.15) is 0 Å². The Balaban J connectivity index is 1.48. The van der Waals surface area contributed by atoms with E-state index in [0.717, 1.165) is 30.6 Å². The first kappa shape index (κ1) is 17.0. The summed E-state index contributed by atoms with van der Waals surface area (Å²) in [5.41, 5.74) is 2.73. The fourth-order valence-electron chi connectivity index (χ4n) is 3.66. The zero-order chi connectivity index (χ0) is 16.9. The molecule has 1 saturated heterocycles. The molecule has 5 nitrogen and oxygen atoms in total. The number of carbonyl (C=O) groups is 2. The van der Waals surface area contributed by atoms with Crippen molar-refractivity contribution in [3.05, 3.63) is 29.3 Å². The third-order valence-electron chi connectivity index (χ3n) is 5.00. The van der Waals surface area contributed by atoms with E-state index in [4.69, 9.17) is 0 Å². The van der Waals surface area contributed by atoms with Crippen LogP contribution in [-0.4, -0.2) is 49.4 Å². The van der Waals surface area contributed by atoms with Gasteiger partial charge in [-0.3, -0.25) is 9.59 Å². The van der Waals surface area contributed by atoms with Gasteiger partial charge in [-0.2, -0.15) is 0 Å². The van der Waals surface area contributed by atoms with Gasteiger partial charge in [-0.15, -0.1) is 0 Å². The lowest BCUT2D eigenvalue weighted by Gasteiger charge is -2.26. The van der Waals surface area contributed by atoms with Gasteiger partial charge in [0.05, 0.1) is 0 Å². The van der Waals surface area contributed by atoms with Gasteiger partial charge in [0, 0.05) is 31.3 Å². The summed E-state index contributed by atoms with van der Waals surface area (Å²) in [7, 11) is 0. The van der Waals surface area contributed by atoms with Crippen molar-refractivity contribution in [1.82, 2.24) is 10.2 Å². The molecule has 2 amide bonds. The lowest BCUT2D eigenvalue weighted by Crippen LogP contribution is -2.33. The first-order valence-electron chi connectivity index (χ1n) is 9.07. The number of hydrogen-bond acceptors (Lipinski definition) is 3. The van der Waals surface area contributed by atoms with Crippen LogP contribution in [0.25, 0.3) is 0 Å². The van der Waals surface area contributed by atoms with E-state index in [9.17, 15) is 9.59 Å². The van der Waals surface area contributed by atoms with Crippen molar-refractivity contribution in [2.24, 2.45) is 0 Å². The average molecular weight is 329 g/mol. The van der Waals surface area contributed by atoms with Crippen molar-refractivity contribution in [3.8, 4) is 0 Å². The lowest BCUT2D eigenvalue weighted by atomic mass is 10.1. The zero-order valence-electron chi connectivity index (χ0n) is 14.5. The van der Waals surface area contributed by atoms with Gasteiger partial charge in [-0.25, -0.2) is 0 Å². The van der Waals surface area contributed by atoms with Gasteiger partial charge in [-0.1, -0.05) is 6.42 Å². The molecule has 0 atom stereocenters. The summed E-state index contributed by atoms with van der Waals surface area (Å²) in [5.74, 6) is 0.0429. The minimum Gasteiger partial charge on any atom is -0.352 e. The highest BCUT2D eigenvalue weighted by Gasteiger charge is 2.23. The monoisotopic (exact) mass is 329 g/mol. The molecule has 24 heavy (non-hydrogen) atoms. The summed E-state index contributed by atoms with van der Waals surface area (Å²) < 4.78 is 0. The number of carbonyl (C=O) groups excluding carboxylic acids is 2. The van der Waals surface area contributed by atoms with Crippen molar-refractivity contribution >= 4 is 17.5 Å². The van der Waals surface area contributed by atoms with Gasteiger partial charge >= 0.3 is 0 Å². The van der Waals surface area contributed by atoms with Crippen LogP contribution in [0, 0.1) is 0 Å². The molecular weight excluding hydrogens is 302 g/mol. The molecule has 0 bridgehead atoms. The first-order valence-corrected chi connectivity index (χ1v) is 9.07. The minimum absolute atomic E-state index is 0.0160. The molecule has 0 saturated carbocycles. The van der Waals surface area contributed by atoms with E-state index in [2.05, 4.69) is 10.2 Å². The smallest absolute Gasteiger partial charge is 0.251 e. The maximum absolute atomic E-state index is 12.3. The Morgan fingerprint density at radius 1 is 1.12 bits per heavy atom. The fraction of sp³-hybridized carbons (Fsp3) is 0.579. The molecule has 0 spiro atoms. The topological polar surface area (TPSA) is 52.7 Å². The van der Waals surface area contributed by atoms with E-state index in [1.807, 2.05) is 18.2 Å². The summed E-state index contributed by atoms with van der Waals surface area (Å²) in [5, 5.41) is 3.02. The normalized spacial score (nSPS) is 17.6. The highest BCUT2D eigenvalue weighted by molar-refractivity contribution is 5.97. The molecular formula is C19H27N3O2. The Morgan fingerprint density at radius 2 is 1.92 bits per heavy atom. The van der Waals surface area contributed by atoms with E-state index in [-0.39, 0.29) is 11.8 Å². The van der Waals surface area contributed by atoms with E-state index >= 15 is 0 Å². The van der Waals surface area contributed by atoms with Crippen molar-refractivity contribution in [2.45, 2.75) is 39.0 Å². The van der Waals surface area contributed by atoms with Crippen LogP contribution in [0.15, 0.2) is 18.2 Å². The molecule has 2 aliphatic rings. The number of nitrogens with zero attached hydrogens (tertiary/aromatic N) is 2. The summed E-state index contributed by atoms with van der Waals surface area (Å²) in [6.07, 6.45) is 5.78. The van der Waals surface area contributed by atoms with Crippen LogP contribution in [0.2, 0.25) is 0 Å². The number of piperidine rings is 1. The van der Waals surface area contributed by atoms with Gasteiger partial charge in [-0.05, 0) is 69.1 Å². The average Bonchev–Trinajstić information content (AvgIpc) is 3.03. The van der Waals surface area contributed by atoms with E-state index in [1.165, 1.54) is 32.4 Å². The van der Waals surface area contributed by atoms with Crippen LogP contribution in [0.4, 0.5) is 5.69 Å². The molecule has 3 rings (SSSR count). The first-order chi connectivity index (χ1) is 11.6. The van der Waals surface area contributed by atoms with Crippen LogP contribution < -0.4 is 10.2 Å². The van der Waals surface area contributed by atoms with Crippen LogP contribution in [0.3, 0.4) is 0 Å². The van der Waals surface area contributed by atoms with Gasteiger partial charge in [0.25, 0.3) is 5.91 Å². The molecule has 1 aromatic carbocycles. The number of benzene rings is 1. The number of likely N-dealkylation sites (tertiary alicyclic amines) is 1. The minimum atomic E-state index is -0.0160. The molecule has 1 aromatic rings. The molecule has 1 fully saturated rings. The van der Waals surface area contributed by atoms with E-state index < -0.39 is 0 Å². The number of rotatable bonds is 5. The Hall–Kier alpha value is -1.88. The number of hydrogen-bond donors (Lipinski definition) is 1. The van der Waals surface area contributed by atoms with E-state index in [1.54, 1.807) is 11.8 Å². The molecule has 130 valence electrons. The summed E-state index contributed by atoms with van der Waals surface area (Å²) >= 11 is 0. The lowest BCUT2D eigenvalue weighted by molar-refractivity contribution is -0.116. The van der Waals surface area contributed by atoms with Crippen molar-refractivity contribution in [3.63, 3.8) is 0 Å².